The fourth-order valence-electron chi connectivity index (χ4n) is 1.80. The van der Waals surface area contributed by atoms with Crippen molar-refractivity contribution < 1.29 is 14.7 Å². The summed E-state index contributed by atoms with van der Waals surface area (Å²) in [5.41, 5.74) is 0.701. The van der Waals surface area contributed by atoms with Crippen LogP contribution in [0, 0.1) is 0 Å². The van der Waals surface area contributed by atoms with Crippen LogP contribution in [0.15, 0.2) is 54.6 Å². The Balaban J connectivity index is 2.38. The molecule has 1 atom stereocenters. The standard InChI is InChI=1S/C15H11ClO3/c16-15(19)12-9-5-4-8-11(12)14(18)13(17)10-6-2-1-3-7-10/h1-9,13,17H. The fourth-order valence-corrected chi connectivity index (χ4v) is 1.97. The fraction of sp³-hybridized carbons (Fsp3) is 0.0667. The number of hydrogen-bond acceptors (Lipinski definition) is 3. The first kappa shape index (κ1) is 13.5. The number of halogens is 1. The minimum absolute atomic E-state index is 0.101. The molecule has 2 aromatic rings. The van der Waals surface area contributed by atoms with Crippen LogP contribution in [-0.2, 0) is 0 Å². The number of ketones is 1. The number of benzene rings is 2. The predicted octanol–water partition coefficient (Wildman–Crippen LogP) is 2.98. The van der Waals surface area contributed by atoms with Crippen LogP contribution in [0.1, 0.15) is 32.4 Å². The van der Waals surface area contributed by atoms with Gasteiger partial charge in [-0.1, -0.05) is 48.5 Å². The van der Waals surface area contributed by atoms with Crippen LogP contribution in [0.5, 0.6) is 0 Å². The lowest BCUT2D eigenvalue weighted by molar-refractivity contribution is 0.0744. The molecule has 19 heavy (non-hydrogen) atoms. The lowest BCUT2D eigenvalue weighted by atomic mass is 9.97. The highest BCUT2D eigenvalue weighted by Crippen LogP contribution is 2.21. The van der Waals surface area contributed by atoms with Gasteiger partial charge in [-0.15, -0.1) is 0 Å². The summed E-state index contributed by atoms with van der Waals surface area (Å²) >= 11 is 5.43. The first-order valence-electron chi connectivity index (χ1n) is 5.67. The van der Waals surface area contributed by atoms with Gasteiger partial charge in [0.15, 0.2) is 5.78 Å². The molecule has 0 spiro atoms. The Bertz CT molecular complexity index is 608. The Labute approximate surface area is 115 Å². The second-order valence-corrected chi connectivity index (χ2v) is 4.34. The van der Waals surface area contributed by atoms with Crippen LogP contribution in [-0.4, -0.2) is 16.1 Å². The first-order chi connectivity index (χ1) is 9.11. The summed E-state index contributed by atoms with van der Waals surface area (Å²) in [6, 6.07) is 14.7. The van der Waals surface area contributed by atoms with Gasteiger partial charge in [-0.25, -0.2) is 0 Å². The van der Waals surface area contributed by atoms with Crippen LogP contribution in [0.2, 0.25) is 0 Å². The van der Waals surface area contributed by atoms with E-state index >= 15 is 0 Å². The zero-order valence-electron chi connectivity index (χ0n) is 9.92. The topological polar surface area (TPSA) is 54.4 Å². The molecule has 4 heteroatoms. The van der Waals surface area contributed by atoms with Crippen molar-refractivity contribution in [1.29, 1.82) is 0 Å². The summed E-state index contributed by atoms with van der Waals surface area (Å²) in [5.74, 6) is -0.546. The van der Waals surface area contributed by atoms with Gasteiger partial charge in [-0.05, 0) is 23.2 Å². The lowest BCUT2D eigenvalue weighted by Gasteiger charge is -2.11. The molecule has 0 saturated heterocycles. The predicted molar refractivity (Wildman–Crippen MR) is 72.4 cm³/mol. The molecule has 0 aromatic heterocycles. The Morgan fingerprint density at radius 3 is 2.00 bits per heavy atom. The molecule has 96 valence electrons. The first-order valence-corrected chi connectivity index (χ1v) is 6.05. The van der Waals surface area contributed by atoms with Gasteiger partial charge in [-0.3, -0.25) is 9.59 Å². The van der Waals surface area contributed by atoms with Crippen molar-refractivity contribution in [2.24, 2.45) is 0 Å². The van der Waals surface area contributed by atoms with Crippen molar-refractivity contribution in [3.63, 3.8) is 0 Å². The van der Waals surface area contributed by atoms with Gasteiger partial charge in [0.2, 0.25) is 0 Å². The number of aliphatic hydroxyl groups is 1. The largest absolute Gasteiger partial charge is 0.380 e. The third-order valence-electron chi connectivity index (χ3n) is 2.77. The Hall–Kier alpha value is -1.97. The molecule has 0 aliphatic carbocycles. The maximum absolute atomic E-state index is 12.2. The van der Waals surface area contributed by atoms with Gasteiger partial charge >= 0.3 is 0 Å². The smallest absolute Gasteiger partial charge is 0.253 e. The molecule has 2 aromatic carbocycles. The maximum Gasteiger partial charge on any atom is 0.253 e. The van der Waals surface area contributed by atoms with E-state index in [1.54, 1.807) is 42.5 Å². The number of aliphatic hydroxyl groups excluding tert-OH is 1. The molecule has 0 fully saturated rings. The molecule has 1 unspecified atom stereocenters. The van der Waals surface area contributed by atoms with Crippen molar-refractivity contribution >= 4 is 22.6 Å². The number of Topliss-reactive ketones (excluding diaryl/α,β-unsaturated/α-hetero) is 1. The van der Waals surface area contributed by atoms with Gasteiger partial charge in [0.25, 0.3) is 5.24 Å². The molecule has 0 bridgehead atoms. The van der Waals surface area contributed by atoms with E-state index in [1.807, 2.05) is 0 Å². The highest BCUT2D eigenvalue weighted by molar-refractivity contribution is 6.68. The molecule has 0 radical (unpaired) electrons. The molecule has 2 rings (SSSR count). The molecule has 0 saturated carbocycles. The molecular weight excluding hydrogens is 264 g/mol. The van der Waals surface area contributed by atoms with E-state index in [0.717, 1.165) is 0 Å². The molecule has 3 nitrogen and oxygen atoms in total. The SMILES string of the molecule is O=C(Cl)c1ccccc1C(=O)C(O)c1ccccc1. The van der Waals surface area contributed by atoms with Gasteiger partial charge in [0.1, 0.15) is 6.10 Å². The number of carbonyl (C=O) groups is 2. The van der Waals surface area contributed by atoms with Crippen LogP contribution in [0.3, 0.4) is 0 Å². The monoisotopic (exact) mass is 274 g/mol. The van der Waals surface area contributed by atoms with E-state index in [0.29, 0.717) is 5.56 Å². The van der Waals surface area contributed by atoms with E-state index in [4.69, 9.17) is 11.6 Å². The van der Waals surface area contributed by atoms with E-state index in [1.165, 1.54) is 12.1 Å². The van der Waals surface area contributed by atoms with Gasteiger partial charge in [0.05, 0.1) is 0 Å². The number of hydrogen-bond donors (Lipinski definition) is 1. The average molecular weight is 275 g/mol. The van der Waals surface area contributed by atoms with Crippen molar-refractivity contribution in [3.8, 4) is 0 Å². The summed E-state index contributed by atoms with van der Waals surface area (Å²) in [5, 5.41) is 9.33. The summed E-state index contributed by atoms with van der Waals surface area (Å²) in [4.78, 5) is 23.5. The van der Waals surface area contributed by atoms with E-state index in [9.17, 15) is 14.7 Å². The minimum atomic E-state index is -1.31. The van der Waals surface area contributed by atoms with E-state index in [2.05, 4.69) is 0 Å². The quantitative estimate of drug-likeness (QED) is 0.689. The van der Waals surface area contributed by atoms with Gasteiger partial charge < -0.3 is 5.11 Å². The Kier molecular flexibility index (Phi) is 4.10. The van der Waals surface area contributed by atoms with E-state index in [-0.39, 0.29) is 11.1 Å². The van der Waals surface area contributed by atoms with E-state index < -0.39 is 17.1 Å². The van der Waals surface area contributed by atoms with Gasteiger partial charge in [0, 0.05) is 11.1 Å². The van der Waals surface area contributed by atoms with Gasteiger partial charge in [-0.2, -0.15) is 0 Å². The summed E-state index contributed by atoms with van der Waals surface area (Å²) in [6.07, 6.45) is -1.31. The third-order valence-corrected chi connectivity index (χ3v) is 2.97. The Morgan fingerprint density at radius 2 is 1.42 bits per heavy atom. The van der Waals surface area contributed by atoms with Crippen molar-refractivity contribution in [3.05, 3.63) is 71.3 Å². The highest BCUT2D eigenvalue weighted by Gasteiger charge is 2.23. The van der Waals surface area contributed by atoms with Crippen LogP contribution >= 0.6 is 11.6 Å². The highest BCUT2D eigenvalue weighted by atomic mass is 35.5. The second kappa shape index (κ2) is 5.78. The zero-order valence-corrected chi connectivity index (χ0v) is 10.7. The third kappa shape index (κ3) is 2.89. The molecule has 0 amide bonds. The van der Waals surface area contributed by atoms with Crippen molar-refractivity contribution in [2.75, 3.05) is 0 Å². The second-order valence-electron chi connectivity index (χ2n) is 4.00. The summed E-state index contributed by atoms with van der Waals surface area (Å²) in [7, 11) is 0. The van der Waals surface area contributed by atoms with Crippen molar-refractivity contribution in [2.45, 2.75) is 6.10 Å². The maximum atomic E-state index is 12.2. The lowest BCUT2D eigenvalue weighted by Crippen LogP contribution is -2.15. The molecule has 0 aliphatic rings. The molecule has 0 aliphatic heterocycles. The number of carbonyl (C=O) groups excluding carboxylic acids is 2. The normalized spacial score (nSPS) is 11.9. The molecular formula is C15H11ClO3. The zero-order chi connectivity index (χ0) is 13.8. The number of rotatable bonds is 4. The minimum Gasteiger partial charge on any atom is -0.380 e. The van der Waals surface area contributed by atoms with Crippen molar-refractivity contribution in [1.82, 2.24) is 0 Å². The van der Waals surface area contributed by atoms with Crippen LogP contribution in [0.25, 0.3) is 0 Å². The average Bonchev–Trinajstić information content (AvgIpc) is 2.46. The summed E-state index contributed by atoms with van der Waals surface area (Å²) in [6.45, 7) is 0. The van der Waals surface area contributed by atoms with Crippen LogP contribution in [0.4, 0.5) is 0 Å². The molecule has 0 heterocycles. The summed E-state index contributed by atoms with van der Waals surface area (Å²) < 4.78 is 0. The molecule has 1 N–H and O–H groups in total. The van der Waals surface area contributed by atoms with Crippen LogP contribution < -0.4 is 0 Å². The Morgan fingerprint density at radius 1 is 0.895 bits per heavy atom.